The van der Waals surface area contributed by atoms with Gasteiger partial charge in [0.05, 0.1) is 27.9 Å². The Balaban J connectivity index is 2.89. The predicted molar refractivity (Wildman–Crippen MR) is 84.5 cm³/mol. The summed E-state index contributed by atoms with van der Waals surface area (Å²) < 4.78 is 21.0. The van der Waals surface area contributed by atoms with E-state index in [4.69, 9.17) is 18.9 Å². The maximum absolute atomic E-state index is 5.41. The van der Waals surface area contributed by atoms with E-state index in [1.807, 2.05) is 12.1 Å². The van der Waals surface area contributed by atoms with Crippen molar-refractivity contribution in [3.8, 4) is 17.2 Å². The van der Waals surface area contributed by atoms with Gasteiger partial charge in [-0.15, -0.1) is 0 Å². The van der Waals surface area contributed by atoms with Crippen molar-refractivity contribution in [1.29, 1.82) is 0 Å². The van der Waals surface area contributed by atoms with Gasteiger partial charge < -0.3 is 24.3 Å². The van der Waals surface area contributed by atoms with Gasteiger partial charge in [0, 0.05) is 31.8 Å². The third-order valence-corrected chi connectivity index (χ3v) is 3.02. The fraction of sp³-hybridized carbons (Fsp3) is 0.500. The molecule has 1 N–H and O–H groups in total. The highest BCUT2D eigenvalue weighted by Gasteiger charge is 2.10. The lowest BCUT2D eigenvalue weighted by atomic mass is 10.1. The number of benzene rings is 1. The van der Waals surface area contributed by atoms with Crippen LogP contribution in [0.25, 0.3) is 6.08 Å². The highest BCUT2D eigenvalue weighted by atomic mass is 16.5. The number of rotatable bonds is 9. The SMILES string of the molecule is COCCNCC(C)=Cc1cc(OC)c(OC)cc1OC. The van der Waals surface area contributed by atoms with Crippen molar-refractivity contribution in [2.75, 3.05) is 48.1 Å². The van der Waals surface area contributed by atoms with Crippen molar-refractivity contribution in [3.05, 3.63) is 23.3 Å². The first-order chi connectivity index (χ1) is 10.2. The van der Waals surface area contributed by atoms with Gasteiger partial charge in [-0.05, 0) is 13.0 Å². The molecule has 0 radical (unpaired) electrons. The van der Waals surface area contributed by atoms with E-state index in [0.29, 0.717) is 18.1 Å². The van der Waals surface area contributed by atoms with E-state index in [9.17, 15) is 0 Å². The van der Waals surface area contributed by atoms with Crippen LogP contribution in [-0.2, 0) is 4.74 Å². The Morgan fingerprint density at radius 1 is 1.00 bits per heavy atom. The molecule has 0 amide bonds. The van der Waals surface area contributed by atoms with Gasteiger partial charge in [0.15, 0.2) is 11.5 Å². The van der Waals surface area contributed by atoms with E-state index in [0.717, 1.165) is 24.4 Å². The van der Waals surface area contributed by atoms with Crippen LogP contribution in [0.15, 0.2) is 17.7 Å². The molecule has 5 nitrogen and oxygen atoms in total. The van der Waals surface area contributed by atoms with E-state index in [1.165, 1.54) is 5.57 Å². The van der Waals surface area contributed by atoms with Crippen molar-refractivity contribution in [3.63, 3.8) is 0 Å². The van der Waals surface area contributed by atoms with Crippen molar-refractivity contribution in [2.45, 2.75) is 6.92 Å². The van der Waals surface area contributed by atoms with Crippen LogP contribution in [0.5, 0.6) is 17.2 Å². The molecule has 0 saturated carbocycles. The highest BCUT2D eigenvalue weighted by Crippen LogP contribution is 2.35. The number of hydrogen-bond acceptors (Lipinski definition) is 5. The van der Waals surface area contributed by atoms with Gasteiger partial charge in [0.2, 0.25) is 0 Å². The maximum atomic E-state index is 5.41. The molecule has 0 fully saturated rings. The van der Waals surface area contributed by atoms with Crippen LogP contribution < -0.4 is 19.5 Å². The number of nitrogens with one attached hydrogen (secondary N) is 1. The Hall–Kier alpha value is -1.72. The van der Waals surface area contributed by atoms with E-state index < -0.39 is 0 Å². The average Bonchev–Trinajstić information content (AvgIpc) is 2.51. The van der Waals surface area contributed by atoms with Crippen LogP contribution in [0.2, 0.25) is 0 Å². The maximum Gasteiger partial charge on any atom is 0.164 e. The summed E-state index contributed by atoms with van der Waals surface area (Å²) >= 11 is 0. The first-order valence-electron chi connectivity index (χ1n) is 6.83. The molecule has 0 unspecified atom stereocenters. The minimum atomic E-state index is 0.655. The predicted octanol–water partition coefficient (Wildman–Crippen LogP) is 2.35. The van der Waals surface area contributed by atoms with E-state index in [2.05, 4.69) is 18.3 Å². The molecule has 1 aromatic carbocycles. The Morgan fingerprint density at radius 3 is 2.19 bits per heavy atom. The summed E-state index contributed by atoms with van der Waals surface area (Å²) in [7, 11) is 6.57. The van der Waals surface area contributed by atoms with E-state index in [-0.39, 0.29) is 0 Å². The largest absolute Gasteiger partial charge is 0.496 e. The molecule has 1 rings (SSSR count). The molecule has 0 bridgehead atoms. The molecule has 0 aromatic heterocycles. The molecular weight excluding hydrogens is 270 g/mol. The van der Waals surface area contributed by atoms with Crippen LogP contribution in [0, 0.1) is 0 Å². The molecular formula is C16H25NO4. The van der Waals surface area contributed by atoms with Gasteiger partial charge in [-0.2, -0.15) is 0 Å². The second-order valence-electron chi connectivity index (χ2n) is 4.61. The molecule has 0 atom stereocenters. The van der Waals surface area contributed by atoms with E-state index in [1.54, 1.807) is 28.4 Å². The summed E-state index contributed by atoms with van der Waals surface area (Å²) in [5.41, 5.74) is 2.15. The highest BCUT2D eigenvalue weighted by molar-refractivity contribution is 5.65. The van der Waals surface area contributed by atoms with Crippen LogP contribution >= 0.6 is 0 Å². The minimum absolute atomic E-state index is 0.655. The Kier molecular flexibility index (Phi) is 7.64. The second kappa shape index (κ2) is 9.26. The zero-order valence-corrected chi connectivity index (χ0v) is 13.5. The lowest BCUT2D eigenvalue weighted by molar-refractivity contribution is 0.200. The Morgan fingerprint density at radius 2 is 1.62 bits per heavy atom. The summed E-state index contributed by atoms with van der Waals surface area (Å²) in [6, 6.07) is 3.74. The fourth-order valence-corrected chi connectivity index (χ4v) is 1.94. The molecule has 118 valence electrons. The van der Waals surface area contributed by atoms with Crippen LogP contribution in [-0.4, -0.2) is 48.1 Å². The van der Waals surface area contributed by atoms with Gasteiger partial charge >= 0.3 is 0 Å². The summed E-state index contributed by atoms with van der Waals surface area (Å²) in [6.45, 7) is 4.38. The third-order valence-electron chi connectivity index (χ3n) is 3.02. The molecule has 0 aliphatic heterocycles. The summed E-state index contributed by atoms with van der Waals surface area (Å²) in [6.07, 6.45) is 2.07. The van der Waals surface area contributed by atoms with Crippen molar-refractivity contribution in [2.24, 2.45) is 0 Å². The van der Waals surface area contributed by atoms with Gasteiger partial charge in [0.1, 0.15) is 5.75 Å². The van der Waals surface area contributed by atoms with Crippen LogP contribution in [0.3, 0.4) is 0 Å². The average molecular weight is 295 g/mol. The minimum Gasteiger partial charge on any atom is -0.496 e. The van der Waals surface area contributed by atoms with E-state index >= 15 is 0 Å². The Labute approximate surface area is 126 Å². The summed E-state index contributed by atoms with van der Waals surface area (Å²) in [4.78, 5) is 0. The van der Waals surface area contributed by atoms with Crippen LogP contribution in [0.1, 0.15) is 12.5 Å². The monoisotopic (exact) mass is 295 g/mol. The van der Waals surface area contributed by atoms with Crippen molar-refractivity contribution >= 4 is 6.08 Å². The van der Waals surface area contributed by atoms with Crippen LogP contribution in [0.4, 0.5) is 0 Å². The summed E-state index contributed by atoms with van der Waals surface area (Å²) in [5, 5.41) is 3.30. The lowest BCUT2D eigenvalue weighted by Crippen LogP contribution is -2.20. The zero-order chi connectivity index (χ0) is 15.7. The number of methoxy groups -OCH3 is 4. The third kappa shape index (κ3) is 5.28. The molecule has 0 heterocycles. The standard InChI is InChI=1S/C16H25NO4/c1-12(11-17-6-7-18-2)8-13-9-15(20-4)16(21-5)10-14(13)19-3/h8-10,17H,6-7,11H2,1-5H3. The van der Waals surface area contributed by atoms with Gasteiger partial charge in [-0.1, -0.05) is 11.6 Å². The molecule has 0 saturated heterocycles. The molecule has 21 heavy (non-hydrogen) atoms. The quantitative estimate of drug-likeness (QED) is 0.709. The first kappa shape index (κ1) is 17.3. The Bertz CT molecular complexity index is 472. The number of hydrogen-bond donors (Lipinski definition) is 1. The van der Waals surface area contributed by atoms with Gasteiger partial charge in [-0.25, -0.2) is 0 Å². The fourth-order valence-electron chi connectivity index (χ4n) is 1.94. The molecule has 0 aliphatic carbocycles. The summed E-state index contributed by atoms with van der Waals surface area (Å²) in [5.74, 6) is 2.09. The molecule has 5 heteroatoms. The van der Waals surface area contributed by atoms with Crippen molar-refractivity contribution < 1.29 is 18.9 Å². The molecule has 0 aliphatic rings. The topological polar surface area (TPSA) is 49.0 Å². The lowest BCUT2D eigenvalue weighted by Gasteiger charge is -2.13. The van der Waals surface area contributed by atoms with Gasteiger partial charge in [-0.3, -0.25) is 0 Å². The van der Waals surface area contributed by atoms with Crippen molar-refractivity contribution in [1.82, 2.24) is 5.32 Å². The normalized spacial score (nSPS) is 11.4. The zero-order valence-electron chi connectivity index (χ0n) is 13.5. The van der Waals surface area contributed by atoms with Gasteiger partial charge in [0.25, 0.3) is 0 Å². The first-order valence-corrected chi connectivity index (χ1v) is 6.83. The number of ether oxygens (including phenoxy) is 4. The molecule has 0 spiro atoms. The second-order valence-corrected chi connectivity index (χ2v) is 4.61. The molecule has 1 aromatic rings. The smallest absolute Gasteiger partial charge is 0.164 e.